The quantitative estimate of drug-likeness (QED) is 0.779. The van der Waals surface area contributed by atoms with Crippen LogP contribution in [0.5, 0.6) is 0 Å². The third-order valence-corrected chi connectivity index (χ3v) is 2.58. The number of rotatable bonds is 3. The van der Waals surface area contributed by atoms with Gasteiger partial charge in [0.1, 0.15) is 0 Å². The van der Waals surface area contributed by atoms with E-state index in [9.17, 15) is 4.79 Å². The van der Waals surface area contributed by atoms with Crippen molar-refractivity contribution in [2.24, 2.45) is 0 Å². The number of nitrogens with one attached hydrogen (secondary N) is 1. The molecule has 72 valence electrons. The Kier molecular flexibility index (Phi) is 2.69. The van der Waals surface area contributed by atoms with E-state index in [1.54, 1.807) is 11.8 Å². The molecule has 5 heteroatoms. The maximum absolute atomic E-state index is 10.6. The molecule has 4 nitrogen and oxygen atoms in total. The Hall–Kier alpha value is -1.49. The Balaban J connectivity index is 1.98. The highest BCUT2D eigenvalue weighted by atomic mass is 32.2. The highest BCUT2D eigenvalue weighted by molar-refractivity contribution is 7.98. The van der Waals surface area contributed by atoms with Crippen LogP contribution in [0.15, 0.2) is 44.4 Å². The summed E-state index contributed by atoms with van der Waals surface area (Å²) < 4.78 is 4.76. The first-order chi connectivity index (χ1) is 6.84. The van der Waals surface area contributed by atoms with Crippen LogP contribution in [0.25, 0.3) is 0 Å². The van der Waals surface area contributed by atoms with Gasteiger partial charge in [-0.1, -0.05) is 18.2 Å². The van der Waals surface area contributed by atoms with Crippen molar-refractivity contribution in [3.05, 3.63) is 46.8 Å². The molecular weight excluding hydrogens is 200 g/mol. The number of aromatic amines is 1. The van der Waals surface area contributed by atoms with Crippen LogP contribution in [0.3, 0.4) is 0 Å². The molecule has 0 aliphatic carbocycles. The van der Waals surface area contributed by atoms with E-state index < -0.39 is 5.76 Å². The predicted molar refractivity (Wildman–Crippen MR) is 53.1 cm³/mol. The molecule has 14 heavy (non-hydrogen) atoms. The number of aromatic nitrogens is 2. The molecule has 1 aromatic carbocycles. The van der Waals surface area contributed by atoms with Gasteiger partial charge in [-0.2, -0.15) is 0 Å². The third kappa shape index (κ3) is 2.26. The number of hydrogen-bond donors (Lipinski definition) is 1. The fourth-order valence-electron chi connectivity index (χ4n) is 0.984. The second kappa shape index (κ2) is 4.15. The molecule has 0 aliphatic rings. The molecule has 1 heterocycles. The molecule has 0 spiro atoms. The van der Waals surface area contributed by atoms with Crippen LogP contribution >= 0.6 is 11.8 Å². The van der Waals surface area contributed by atoms with E-state index >= 15 is 0 Å². The molecular formula is C9H8N2O2S. The lowest BCUT2D eigenvalue weighted by Gasteiger charge is -1.95. The second-order valence-electron chi connectivity index (χ2n) is 2.61. The van der Waals surface area contributed by atoms with Crippen molar-refractivity contribution in [3.63, 3.8) is 0 Å². The van der Waals surface area contributed by atoms with E-state index in [1.807, 2.05) is 30.3 Å². The lowest BCUT2D eigenvalue weighted by Crippen LogP contribution is -1.93. The van der Waals surface area contributed by atoms with Gasteiger partial charge in [0.2, 0.25) is 5.89 Å². The predicted octanol–water partition coefficient (Wildman–Crippen LogP) is 1.66. The molecule has 2 rings (SSSR count). The summed E-state index contributed by atoms with van der Waals surface area (Å²) >= 11 is 1.57. The van der Waals surface area contributed by atoms with Crippen molar-refractivity contribution in [2.75, 3.05) is 0 Å². The van der Waals surface area contributed by atoms with E-state index in [0.717, 1.165) is 4.90 Å². The average molecular weight is 208 g/mol. The lowest BCUT2D eigenvalue weighted by molar-refractivity contribution is 0.479. The highest BCUT2D eigenvalue weighted by Crippen LogP contribution is 2.20. The summed E-state index contributed by atoms with van der Waals surface area (Å²) in [6, 6.07) is 9.87. The van der Waals surface area contributed by atoms with E-state index in [0.29, 0.717) is 11.6 Å². The molecule has 0 saturated heterocycles. The van der Waals surface area contributed by atoms with Crippen LogP contribution < -0.4 is 5.76 Å². The molecule has 0 unspecified atom stereocenters. The summed E-state index contributed by atoms with van der Waals surface area (Å²) in [6.45, 7) is 0. The first kappa shape index (κ1) is 9.08. The SMILES string of the molecule is O=c1[nH]nc(CSc2ccccc2)o1. The minimum atomic E-state index is -0.506. The van der Waals surface area contributed by atoms with Crippen molar-refractivity contribution < 1.29 is 4.42 Å². The van der Waals surface area contributed by atoms with Gasteiger partial charge in [-0.15, -0.1) is 16.9 Å². The smallest absolute Gasteiger partial charge is 0.392 e. The summed E-state index contributed by atoms with van der Waals surface area (Å²) in [4.78, 5) is 11.7. The minimum Gasteiger partial charge on any atom is -0.392 e. The molecule has 1 aromatic heterocycles. The average Bonchev–Trinajstić information content (AvgIpc) is 2.63. The molecule has 0 radical (unpaired) electrons. The minimum absolute atomic E-state index is 0.420. The first-order valence-corrected chi connectivity index (χ1v) is 5.05. The first-order valence-electron chi connectivity index (χ1n) is 4.07. The van der Waals surface area contributed by atoms with Crippen LogP contribution in [-0.2, 0) is 5.75 Å². The van der Waals surface area contributed by atoms with Gasteiger partial charge >= 0.3 is 5.76 Å². The highest BCUT2D eigenvalue weighted by Gasteiger charge is 2.01. The van der Waals surface area contributed by atoms with Gasteiger partial charge in [0.15, 0.2) is 0 Å². The Morgan fingerprint density at radius 2 is 2.14 bits per heavy atom. The Morgan fingerprint density at radius 1 is 1.36 bits per heavy atom. The molecule has 0 saturated carbocycles. The molecule has 0 fully saturated rings. The number of thioether (sulfide) groups is 1. The van der Waals surface area contributed by atoms with Crippen molar-refractivity contribution >= 4 is 11.8 Å². The van der Waals surface area contributed by atoms with Gasteiger partial charge < -0.3 is 4.42 Å². The summed E-state index contributed by atoms with van der Waals surface area (Å²) in [5.41, 5.74) is 0. The van der Waals surface area contributed by atoms with Crippen LogP contribution in [0, 0.1) is 0 Å². The molecule has 0 aliphatic heterocycles. The lowest BCUT2D eigenvalue weighted by atomic mass is 10.4. The maximum Gasteiger partial charge on any atom is 0.434 e. The Bertz CT molecular complexity index is 449. The van der Waals surface area contributed by atoms with E-state index in [2.05, 4.69) is 10.2 Å². The molecule has 1 N–H and O–H groups in total. The standard InChI is InChI=1S/C9H8N2O2S/c12-9-11-10-8(13-9)6-14-7-4-2-1-3-5-7/h1-5H,6H2,(H,11,12). The van der Waals surface area contributed by atoms with Gasteiger partial charge in [0, 0.05) is 4.90 Å². The number of nitrogens with zero attached hydrogens (tertiary/aromatic N) is 1. The Labute approximate surface area is 84.3 Å². The zero-order valence-corrected chi connectivity index (χ0v) is 8.08. The summed E-state index contributed by atoms with van der Waals surface area (Å²) in [5.74, 6) is 0.473. The maximum atomic E-state index is 10.6. The van der Waals surface area contributed by atoms with Crippen molar-refractivity contribution in [1.29, 1.82) is 0 Å². The van der Waals surface area contributed by atoms with Gasteiger partial charge in [-0.05, 0) is 12.1 Å². The number of hydrogen-bond acceptors (Lipinski definition) is 4. The zero-order valence-electron chi connectivity index (χ0n) is 7.27. The number of benzene rings is 1. The second-order valence-corrected chi connectivity index (χ2v) is 3.66. The largest absolute Gasteiger partial charge is 0.434 e. The topological polar surface area (TPSA) is 58.9 Å². The van der Waals surface area contributed by atoms with Crippen LogP contribution in [0.1, 0.15) is 5.89 Å². The van der Waals surface area contributed by atoms with E-state index in [1.165, 1.54) is 0 Å². The normalized spacial score (nSPS) is 10.3. The van der Waals surface area contributed by atoms with Crippen LogP contribution in [0.2, 0.25) is 0 Å². The monoisotopic (exact) mass is 208 g/mol. The molecule has 0 bridgehead atoms. The van der Waals surface area contributed by atoms with Gasteiger partial charge in [0.25, 0.3) is 0 Å². The van der Waals surface area contributed by atoms with Crippen molar-refractivity contribution in [1.82, 2.24) is 10.2 Å². The van der Waals surface area contributed by atoms with Crippen LogP contribution in [0.4, 0.5) is 0 Å². The van der Waals surface area contributed by atoms with E-state index in [4.69, 9.17) is 4.42 Å². The Morgan fingerprint density at radius 3 is 2.79 bits per heavy atom. The summed E-state index contributed by atoms with van der Waals surface area (Å²) in [7, 11) is 0. The summed E-state index contributed by atoms with van der Waals surface area (Å²) in [6.07, 6.45) is 0. The molecule has 2 aromatic rings. The van der Waals surface area contributed by atoms with Gasteiger partial charge in [-0.3, -0.25) is 0 Å². The van der Waals surface area contributed by atoms with Gasteiger partial charge in [0.05, 0.1) is 5.75 Å². The fourth-order valence-corrected chi connectivity index (χ4v) is 1.75. The van der Waals surface area contributed by atoms with Crippen molar-refractivity contribution in [3.8, 4) is 0 Å². The van der Waals surface area contributed by atoms with E-state index in [-0.39, 0.29) is 0 Å². The van der Waals surface area contributed by atoms with Gasteiger partial charge in [-0.25, -0.2) is 9.89 Å². The molecule has 0 atom stereocenters. The summed E-state index contributed by atoms with van der Waals surface area (Å²) in [5, 5.41) is 5.93. The van der Waals surface area contributed by atoms with Crippen molar-refractivity contribution in [2.45, 2.75) is 10.6 Å². The number of H-pyrrole nitrogens is 1. The zero-order chi connectivity index (χ0) is 9.80. The van der Waals surface area contributed by atoms with Crippen LogP contribution in [-0.4, -0.2) is 10.2 Å². The molecule has 0 amide bonds. The fraction of sp³-hybridized carbons (Fsp3) is 0.111. The third-order valence-electron chi connectivity index (χ3n) is 1.59.